The average molecular weight is 242 g/mol. The molecule has 0 radical (unpaired) electrons. The molecule has 6 nitrogen and oxygen atoms in total. The number of aliphatic hydroxyl groups is 1. The summed E-state index contributed by atoms with van der Waals surface area (Å²) in [5.74, 6) is -0.664. The van der Waals surface area contributed by atoms with Crippen LogP contribution in [0, 0.1) is 6.92 Å². The normalized spacial score (nSPS) is 18.1. The van der Waals surface area contributed by atoms with E-state index in [1.54, 1.807) is 13.0 Å². The van der Waals surface area contributed by atoms with Gasteiger partial charge >= 0.3 is 10.2 Å². The number of rotatable bonds is 1. The lowest BCUT2D eigenvalue weighted by molar-refractivity contribution is 0.392. The standard InChI is InChI=1S/C9H10N2O4S/c1-6-2-3-8(12)7(4-6)11-5-9(13)10-16(11,14)15/h2-5,10,12-13H,1H3. The molecule has 0 saturated carbocycles. The molecular formula is C9H10N2O4S. The van der Waals surface area contributed by atoms with Crippen LogP contribution < -0.4 is 9.03 Å². The number of anilines is 1. The second-order valence-corrected chi connectivity index (χ2v) is 4.96. The monoisotopic (exact) mass is 242 g/mol. The summed E-state index contributed by atoms with van der Waals surface area (Å²) in [5, 5.41) is 18.7. The highest BCUT2D eigenvalue weighted by molar-refractivity contribution is 7.91. The van der Waals surface area contributed by atoms with Crippen molar-refractivity contribution in [2.24, 2.45) is 0 Å². The molecule has 0 amide bonds. The highest BCUT2D eigenvalue weighted by Gasteiger charge is 2.30. The molecule has 86 valence electrons. The summed E-state index contributed by atoms with van der Waals surface area (Å²) < 4.78 is 25.7. The zero-order valence-electron chi connectivity index (χ0n) is 8.38. The highest BCUT2D eigenvalue weighted by Crippen LogP contribution is 2.32. The van der Waals surface area contributed by atoms with Gasteiger partial charge in [-0.15, -0.1) is 0 Å². The number of aryl methyl sites for hydroxylation is 1. The van der Waals surface area contributed by atoms with Crippen molar-refractivity contribution in [2.75, 3.05) is 4.31 Å². The van der Waals surface area contributed by atoms with Crippen molar-refractivity contribution in [1.29, 1.82) is 0 Å². The summed E-state index contributed by atoms with van der Waals surface area (Å²) >= 11 is 0. The molecular weight excluding hydrogens is 232 g/mol. The summed E-state index contributed by atoms with van der Waals surface area (Å²) in [4.78, 5) is 0. The number of hydrogen-bond donors (Lipinski definition) is 3. The van der Waals surface area contributed by atoms with E-state index in [1.165, 1.54) is 12.1 Å². The zero-order valence-corrected chi connectivity index (χ0v) is 9.19. The van der Waals surface area contributed by atoms with Gasteiger partial charge in [0.25, 0.3) is 0 Å². The van der Waals surface area contributed by atoms with Gasteiger partial charge < -0.3 is 10.2 Å². The first-order valence-corrected chi connectivity index (χ1v) is 5.87. The molecule has 1 aliphatic rings. The average Bonchev–Trinajstić information content (AvgIpc) is 2.43. The summed E-state index contributed by atoms with van der Waals surface area (Å²) in [6.07, 6.45) is 0.990. The van der Waals surface area contributed by atoms with Gasteiger partial charge in [-0.05, 0) is 24.6 Å². The van der Waals surface area contributed by atoms with Crippen LogP contribution in [0.5, 0.6) is 5.75 Å². The fourth-order valence-electron chi connectivity index (χ4n) is 1.40. The van der Waals surface area contributed by atoms with Crippen molar-refractivity contribution < 1.29 is 18.6 Å². The van der Waals surface area contributed by atoms with Crippen molar-refractivity contribution in [1.82, 2.24) is 4.72 Å². The maximum absolute atomic E-state index is 11.5. The highest BCUT2D eigenvalue weighted by atomic mass is 32.2. The first-order valence-electron chi connectivity index (χ1n) is 4.43. The smallest absolute Gasteiger partial charge is 0.330 e. The molecule has 0 saturated heterocycles. The van der Waals surface area contributed by atoms with Crippen LogP contribution in [0.25, 0.3) is 0 Å². The van der Waals surface area contributed by atoms with Crippen molar-refractivity contribution in [3.05, 3.63) is 35.8 Å². The molecule has 0 unspecified atom stereocenters. The Kier molecular flexibility index (Phi) is 2.20. The maximum Gasteiger partial charge on any atom is 0.330 e. The number of benzene rings is 1. The molecule has 2 rings (SSSR count). The van der Waals surface area contributed by atoms with Crippen molar-refractivity contribution >= 4 is 15.9 Å². The van der Waals surface area contributed by atoms with Crippen molar-refractivity contribution in [2.45, 2.75) is 6.92 Å². The largest absolute Gasteiger partial charge is 0.506 e. The number of nitrogens with zero attached hydrogens (tertiary/aromatic N) is 1. The number of phenols is 1. The number of aliphatic hydroxyl groups excluding tert-OH is 1. The molecule has 7 heteroatoms. The second kappa shape index (κ2) is 3.31. The SMILES string of the molecule is Cc1ccc(O)c(N2C=C(O)NS2(=O)=O)c1. The van der Waals surface area contributed by atoms with E-state index in [0.29, 0.717) is 0 Å². The molecule has 0 fully saturated rings. The Labute approximate surface area is 92.6 Å². The van der Waals surface area contributed by atoms with E-state index in [0.717, 1.165) is 16.1 Å². The quantitative estimate of drug-likeness (QED) is 0.676. The summed E-state index contributed by atoms with van der Waals surface area (Å²) in [6.45, 7) is 1.77. The minimum Gasteiger partial charge on any atom is -0.506 e. The Hall–Kier alpha value is -1.89. The van der Waals surface area contributed by atoms with E-state index in [2.05, 4.69) is 0 Å². The summed E-state index contributed by atoms with van der Waals surface area (Å²) in [7, 11) is -3.85. The molecule has 16 heavy (non-hydrogen) atoms. The molecule has 1 heterocycles. The van der Waals surface area contributed by atoms with Gasteiger partial charge in [-0.1, -0.05) is 6.07 Å². The summed E-state index contributed by atoms with van der Waals surface area (Å²) in [5.41, 5.74) is 0.888. The molecule has 1 aliphatic heterocycles. The van der Waals surface area contributed by atoms with Gasteiger partial charge in [0, 0.05) is 0 Å². The first kappa shape index (κ1) is 10.6. The van der Waals surface area contributed by atoms with E-state index in [4.69, 9.17) is 5.11 Å². The molecule has 1 aromatic carbocycles. The van der Waals surface area contributed by atoms with E-state index in [1.807, 2.05) is 4.72 Å². The molecule has 1 aromatic rings. The Bertz CT molecular complexity index is 565. The first-order chi connectivity index (χ1) is 7.40. The zero-order chi connectivity index (χ0) is 11.9. The minimum absolute atomic E-state index is 0.0940. The molecule has 0 aromatic heterocycles. The second-order valence-electron chi connectivity index (χ2n) is 3.41. The summed E-state index contributed by atoms with van der Waals surface area (Å²) in [6, 6.07) is 4.55. The molecule has 0 spiro atoms. The van der Waals surface area contributed by atoms with Crippen LogP contribution >= 0.6 is 0 Å². The molecule has 0 atom stereocenters. The predicted octanol–water partition coefficient (Wildman–Crippen LogP) is 0.712. The van der Waals surface area contributed by atoms with Gasteiger partial charge in [0.2, 0.25) is 5.88 Å². The van der Waals surface area contributed by atoms with Crippen LogP contribution in [0.3, 0.4) is 0 Å². The van der Waals surface area contributed by atoms with Gasteiger partial charge in [-0.25, -0.2) is 9.03 Å². The van der Waals surface area contributed by atoms with Crippen LogP contribution in [-0.2, 0) is 10.2 Å². The Morgan fingerprint density at radius 3 is 2.56 bits per heavy atom. The lowest BCUT2D eigenvalue weighted by Crippen LogP contribution is -2.29. The third-order valence-corrected chi connectivity index (χ3v) is 3.39. The minimum atomic E-state index is -3.85. The predicted molar refractivity (Wildman–Crippen MR) is 58.1 cm³/mol. The van der Waals surface area contributed by atoms with Crippen LogP contribution in [0.15, 0.2) is 30.3 Å². The number of nitrogens with one attached hydrogen (secondary N) is 1. The third-order valence-electron chi connectivity index (χ3n) is 2.10. The van der Waals surface area contributed by atoms with Gasteiger partial charge in [0.1, 0.15) is 11.4 Å². The fraction of sp³-hybridized carbons (Fsp3) is 0.111. The van der Waals surface area contributed by atoms with E-state index in [9.17, 15) is 13.5 Å². The molecule has 3 N–H and O–H groups in total. The lowest BCUT2D eigenvalue weighted by atomic mass is 10.2. The van der Waals surface area contributed by atoms with Crippen LogP contribution in [0.1, 0.15) is 5.56 Å². The van der Waals surface area contributed by atoms with Crippen LogP contribution in [-0.4, -0.2) is 18.6 Å². The number of phenolic OH excluding ortho intramolecular Hbond substituents is 1. The van der Waals surface area contributed by atoms with Crippen LogP contribution in [0.2, 0.25) is 0 Å². The van der Waals surface area contributed by atoms with Crippen LogP contribution in [0.4, 0.5) is 5.69 Å². The fourth-order valence-corrected chi connectivity index (χ4v) is 2.46. The topological polar surface area (TPSA) is 89.9 Å². The number of aromatic hydroxyl groups is 1. The third kappa shape index (κ3) is 1.65. The van der Waals surface area contributed by atoms with Gasteiger partial charge in [0.05, 0.1) is 6.20 Å². The number of hydrogen-bond acceptors (Lipinski definition) is 4. The van der Waals surface area contributed by atoms with Gasteiger partial charge in [0.15, 0.2) is 0 Å². The van der Waals surface area contributed by atoms with E-state index in [-0.39, 0.29) is 11.4 Å². The van der Waals surface area contributed by atoms with E-state index >= 15 is 0 Å². The maximum atomic E-state index is 11.5. The Morgan fingerprint density at radius 1 is 1.31 bits per heavy atom. The van der Waals surface area contributed by atoms with Gasteiger partial charge in [-0.3, -0.25) is 0 Å². The Morgan fingerprint density at radius 2 is 2.00 bits per heavy atom. The lowest BCUT2D eigenvalue weighted by Gasteiger charge is -2.15. The van der Waals surface area contributed by atoms with Crippen molar-refractivity contribution in [3.8, 4) is 5.75 Å². The molecule has 0 aliphatic carbocycles. The van der Waals surface area contributed by atoms with Crippen molar-refractivity contribution in [3.63, 3.8) is 0 Å². The Balaban J connectivity index is 2.57. The van der Waals surface area contributed by atoms with E-state index < -0.39 is 16.1 Å². The van der Waals surface area contributed by atoms with Gasteiger partial charge in [-0.2, -0.15) is 8.42 Å². The molecule has 0 bridgehead atoms.